The van der Waals surface area contributed by atoms with E-state index in [0.29, 0.717) is 25.0 Å². The third-order valence-corrected chi connectivity index (χ3v) is 9.61. The molecule has 0 radical (unpaired) electrons. The van der Waals surface area contributed by atoms with E-state index in [1.807, 2.05) is 31.3 Å². The summed E-state index contributed by atoms with van der Waals surface area (Å²) in [4.78, 5) is 36.1. The van der Waals surface area contributed by atoms with Gasteiger partial charge in [0.25, 0.3) is 0 Å². The fourth-order valence-electron chi connectivity index (χ4n) is 6.97. The second-order valence-corrected chi connectivity index (χ2v) is 13.5. The van der Waals surface area contributed by atoms with Crippen LogP contribution < -0.4 is 20.0 Å². The highest BCUT2D eigenvalue weighted by molar-refractivity contribution is 5.89. The average Bonchev–Trinajstić information content (AvgIpc) is 3.35. The van der Waals surface area contributed by atoms with Crippen LogP contribution in [0.25, 0.3) is 0 Å². The van der Waals surface area contributed by atoms with Crippen LogP contribution in [0.3, 0.4) is 0 Å². The van der Waals surface area contributed by atoms with E-state index >= 15 is 0 Å². The van der Waals surface area contributed by atoms with Crippen molar-refractivity contribution in [2.45, 2.75) is 63.6 Å². The maximum Gasteiger partial charge on any atom is 0.415 e. The number of pyridine rings is 1. The van der Waals surface area contributed by atoms with Crippen LogP contribution in [0.4, 0.5) is 39.6 Å². The maximum absolute atomic E-state index is 12.5. The van der Waals surface area contributed by atoms with E-state index in [1.54, 1.807) is 4.90 Å². The number of amides is 1. The Balaban J connectivity index is 1.21. The lowest BCUT2D eigenvalue weighted by molar-refractivity contribution is -0.0893. The molecule has 11 heteroatoms. The van der Waals surface area contributed by atoms with Gasteiger partial charge < -0.3 is 29.5 Å². The normalized spacial score (nSPS) is 26.7. The molecular weight excluding hydrogens is 556 g/mol. The zero-order valence-electron chi connectivity index (χ0n) is 26.3. The molecule has 0 saturated carbocycles. The molecule has 3 aromatic rings. The lowest BCUT2D eigenvalue weighted by atomic mass is 9.73. The third kappa shape index (κ3) is 5.11. The van der Waals surface area contributed by atoms with Crippen LogP contribution in [0.2, 0.25) is 0 Å². The van der Waals surface area contributed by atoms with Crippen molar-refractivity contribution in [3.05, 3.63) is 54.2 Å². The van der Waals surface area contributed by atoms with Gasteiger partial charge in [-0.25, -0.2) is 14.8 Å². The minimum atomic E-state index is -0.371. The van der Waals surface area contributed by atoms with Crippen molar-refractivity contribution in [1.29, 1.82) is 0 Å². The summed E-state index contributed by atoms with van der Waals surface area (Å²) in [6.45, 7) is 13.6. The highest BCUT2D eigenvalue weighted by atomic mass is 16.6. The quantitative estimate of drug-likeness (QED) is 0.428. The minimum absolute atomic E-state index is 0.0449. The molecule has 1 amide bonds. The number of likely N-dealkylation sites (N-methyl/N-ethyl adjacent to an activating group) is 1. The fraction of sp³-hybridized carbons (Fsp3) is 0.515. The molecule has 3 fully saturated rings. The molecule has 11 nitrogen and oxygen atoms in total. The molecule has 2 aromatic heterocycles. The number of aromatic nitrogens is 3. The van der Waals surface area contributed by atoms with Gasteiger partial charge in [-0.15, -0.1) is 0 Å². The van der Waals surface area contributed by atoms with Gasteiger partial charge in [-0.2, -0.15) is 4.98 Å². The highest BCUT2D eigenvalue weighted by Crippen LogP contribution is 2.53. The van der Waals surface area contributed by atoms with E-state index in [2.05, 4.69) is 72.1 Å². The molecule has 3 atom stereocenters. The number of hydrogen-bond donors (Lipinski definition) is 1. The standard InChI is InChI=1S/C33H42N8O3/c1-22-20-43-31(42)40(22)27-8-6-9-28(36-27)41-26-18-32(2,3)44-21-33(26,4)25-19-34-30(37-29(25)41)35-23-10-12-24(13-11-23)39-15-7-14-38(5)16-17-39/h6,8-13,19,22,26H,7,14-18,20-21H2,1-5H3,(H,34,35,37)/t22-,26+,33+/m0/s1. The molecule has 0 spiro atoms. The largest absolute Gasteiger partial charge is 0.447 e. The first kappa shape index (κ1) is 28.8. The van der Waals surface area contributed by atoms with E-state index in [9.17, 15) is 4.79 Å². The zero-order valence-corrected chi connectivity index (χ0v) is 26.3. The van der Waals surface area contributed by atoms with E-state index in [0.717, 1.165) is 61.9 Å². The highest BCUT2D eigenvalue weighted by Gasteiger charge is 2.55. The lowest BCUT2D eigenvalue weighted by Crippen LogP contribution is -2.54. The van der Waals surface area contributed by atoms with E-state index in [-0.39, 0.29) is 29.2 Å². The minimum Gasteiger partial charge on any atom is -0.447 e. The van der Waals surface area contributed by atoms with Gasteiger partial charge in [0, 0.05) is 48.2 Å². The number of nitrogens with one attached hydrogen (secondary N) is 1. The number of nitrogens with zero attached hydrogens (tertiary/aromatic N) is 7. The number of fused-ring (bicyclic) bond motifs is 3. The fourth-order valence-corrected chi connectivity index (χ4v) is 6.97. The third-order valence-electron chi connectivity index (χ3n) is 9.61. The van der Waals surface area contributed by atoms with Gasteiger partial charge in [-0.05, 0) is 83.6 Å². The van der Waals surface area contributed by atoms with Crippen molar-refractivity contribution in [1.82, 2.24) is 19.9 Å². The molecule has 1 aromatic carbocycles. The Bertz CT molecular complexity index is 1550. The number of hydrogen-bond acceptors (Lipinski definition) is 10. The summed E-state index contributed by atoms with van der Waals surface area (Å²) in [5, 5.41) is 3.44. The van der Waals surface area contributed by atoms with Crippen molar-refractivity contribution in [2.24, 2.45) is 0 Å². The van der Waals surface area contributed by atoms with Crippen molar-refractivity contribution in [3.8, 4) is 0 Å². The van der Waals surface area contributed by atoms with Crippen LogP contribution in [0.1, 0.15) is 46.1 Å². The number of benzene rings is 1. The summed E-state index contributed by atoms with van der Waals surface area (Å²) in [5.74, 6) is 2.64. The summed E-state index contributed by atoms with van der Waals surface area (Å²) in [7, 11) is 2.19. The molecule has 4 aliphatic rings. The first-order chi connectivity index (χ1) is 21.1. The van der Waals surface area contributed by atoms with Crippen LogP contribution in [0.15, 0.2) is 48.7 Å². The zero-order chi connectivity index (χ0) is 30.6. The van der Waals surface area contributed by atoms with E-state index < -0.39 is 0 Å². The van der Waals surface area contributed by atoms with Gasteiger partial charge in [-0.1, -0.05) is 13.0 Å². The van der Waals surface area contributed by atoms with Crippen LogP contribution in [0, 0.1) is 0 Å². The van der Waals surface area contributed by atoms with Crippen molar-refractivity contribution in [2.75, 3.05) is 66.5 Å². The summed E-state index contributed by atoms with van der Waals surface area (Å²) in [6, 6.07) is 14.3. The number of ether oxygens (including phenoxy) is 2. The van der Waals surface area contributed by atoms with Gasteiger partial charge in [0.2, 0.25) is 5.95 Å². The Morgan fingerprint density at radius 1 is 0.955 bits per heavy atom. The Hall–Kier alpha value is -3.96. The van der Waals surface area contributed by atoms with Gasteiger partial charge in [0.05, 0.1) is 24.3 Å². The number of carbonyl (C=O) groups is 1. The van der Waals surface area contributed by atoms with Crippen LogP contribution in [-0.2, 0) is 14.9 Å². The summed E-state index contributed by atoms with van der Waals surface area (Å²) in [6.07, 6.45) is 3.51. The SMILES string of the molecule is C[C@H]1COC(=O)N1c1cccc(N2c3nc(Nc4ccc(N5CCCN(C)CC5)cc4)ncc3[C@@]3(C)COC(C)(C)C[C@@H]23)n1. The Morgan fingerprint density at radius 2 is 1.73 bits per heavy atom. The van der Waals surface area contributed by atoms with E-state index in [4.69, 9.17) is 24.4 Å². The monoisotopic (exact) mass is 598 g/mol. The predicted molar refractivity (Wildman–Crippen MR) is 172 cm³/mol. The first-order valence-corrected chi connectivity index (χ1v) is 15.7. The number of anilines is 6. The smallest absolute Gasteiger partial charge is 0.415 e. The van der Waals surface area contributed by atoms with Gasteiger partial charge in [0.1, 0.15) is 24.1 Å². The second kappa shape index (κ2) is 10.9. The van der Waals surface area contributed by atoms with Gasteiger partial charge >= 0.3 is 6.09 Å². The van der Waals surface area contributed by atoms with E-state index in [1.165, 1.54) is 5.69 Å². The molecule has 0 aliphatic carbocycles. The second-order valence-electron chi connectivity index (χ2n) is 13.5. The van der Waals surface area contributed by atoms with Crippen LogP contribution in [0.5, 0.6) is 0 Å². The molecule has 6 heterocycles. The molecule has 7 rings (SSSR count). The van der Waals surface area contributed by atoms with Crippen molar-refractivity contribution in [3.63, 3.8) is 0 Å². The summed E-state index contributed by atoms with van der Waals surface area (Å²) in [5.41, 5.74) is 2.55. The molecule has 4 aliphatic heterocycles. The average molecular weight is 599 g/mol. The Labute approximate surface area is 259 Å². The predicted octanol–water partition coefficient (Wildman–Crippen LogP) is 5.08. The topological polar surface area (TPSA) is 99.2 Å². The van der Waals surface area contributed by atoms with Gasteiger partial charge in [0.15, 0.2) is 0 Å². The number of rotatable bonds is 5. The first-order valence-electron chi connectivity index (χ1n) is 15.7. The molecule has 3 saturated heterocycles. The molecule has 232 valence electrons. The molecule has 1 N–H and O–H groups in total. The van der Waals surface area contributed by atoms with Gasteiger partial charge in [-0.3, -0.25) is 4.90 Å². The Morgan fingerprint density at radius 3 is 2.48 bits per heavy atom. The molecular formula is C33H42N8O3. The number of cyclic esters (lactones) is 1. The summed E-state index contributed by atoms with van der Waals surface area (Å²) < 4.78 is 11.7. The van der Waals surface area contributed by atoms with Crippen molar-refractivity contribution < 1.29 is 14.3 Å². The van der Waals surface area contributed by atoms with Crippen molar-refractivity contribution >= 4 is 40.9 Å². The Kier molecular flexibility index (Phi) is 7.12. The molecule has 0 unspecified atom stereocenters. The van der Waals surface area contributed by atoms with Crippen LogP contribution in [-0.4, -0.2) is 90.1 Å². The molecule has 44 heavy (non-hydrogen) atoms. The maximum atomic E-state index is 12.5. The summed E-state index contributed by atoms with van der Waals surface area (Å²) >= 11 is 0. The number of carbonyl (C=O) groups excluding carboxylic acids is 1. The lowest BCUT2D eigenvalue weighted by Gasteiger charge is -2.46. The molecule has 0 bridgehead atoms. The van der Waals surface area contributed by atoms with Crippen LogP contribution >= 0.6 is 0 Å².